The van der Waals surface area contributed by atoms with E-state index in [2.05, 4.69) is 37.8 Å². The lowest BCUT2D eigenvalue weighted by molar-refractivity contribution is -0.135. The summed E-state index contributed by atoms with van der Waals surface area (Å²) in [5.74, 6) is 3.12. The molecule has 0 N–H and O–H groups in total. The largest absolute Gasteiger partial charge is 0.381 e. The molecule has 1 amide bonds. The minimum Gasteiger partial charge on any atom is -0.381 e. The van der Waals surface area contributed by atoms with Crippen molar-refractivity contribution in [2.24, 2.45) is 5.92 Å². The molecule has 0 saturated carbocycles. The molecule has 3 aliphatic rings. The first kappa shape index (κ1) is 18.4. The Kier molecular flexibility index (Phi) is 5.45. The number of likely N-dealkylation sites (N-methyl/N-ethyl adjacent to an activating group) is 1. The van der Waals surface area contributed by atoms with Gasteiger partial charge < -0.3 is 24.3 Å². The Bertz CT molecular complexity index is 662. The number of carbonyl (C=O) groups excluding carboxylic acids is 1. The van der Waals surface area contributed by atoms with Crippen molar-refractivity contribution in [1.82, 2.24) is 19.8 Å². The number of hydrogen-bond donors (Lipinski definition) is 0. The Hall–Kier alpha value is -1.93. The van der Waals surface area contributed by atoms with Gasteiger partial charge in [-0.1, -0.05) is 0 Å². The van der Waals surface area contributed by atoms with E-state index in [1.165, 1.54) is 0 Å². The topological polar surface area (TPSA) is 65.0 Å². The van der Waals surface area contributed by atoms with Crippen molar-refractivity contribution in [3.05, 3.63) is 11.9 Å². The minimum atomic E-state index is 0.0571. The zero-order chi connectivity index (χ0) is 18.8. The maximum absolute atomic E-state index is 12.6. The van der Waals surface area contributed by atoms with Crippen molar-refractivity contribution in [2.75, 3.05) is 82.4 Å². The molecule has 0 aromatic carbocycles. The van der Waals surface area contributed by atoms with E-state index in [0.29, 0.717) is 13.2 Å². The first-order chi connectivity index (χ1) is 13.1. The summed E-state index contributed by atoms with van der Waals surface area (Å²) in [4.78, 5) is 30.9. The van der Waals surface area contributed by atoms with Crippen LogP contribution in [0, 0.1) is 12.8 Å². The van der Waals surface area contributed by atoms with Crippen LogP contribution in [0.1, 0.15) is 12.2 Å². The number of piperazine rings is 2. The molecule has 4 heterocycles. The summed E-state index contributed by atoms with van der Waals surface area (Å²) >= 11 is 0. The number of anilines is 2. The molecule has 1 unspecified atom stereocenters. The summed E-state index contributed by atoms with van der Waals surface area (Å²) in [5.41, 5.74) is 0. The lowest BCUT2D eigenvalue weighted by Crippen LogP contribution is -2.51. The highest BCUT2D eigenvalue weighted by molar-refractivity contribution is 5.79. The molecule has 1 atom stereocenters. The number of aromatic nitrogens is 2. The third-order valence-electron chi connectivity index (χ3n) is 5.83. The predicted molar refractivity (Wildman–Crippen MR) is 104 cm³/mol. The molecule has 0 aliphatic carbocycles. The molecular weight excluding hydrogens is 344 g/mol. The maximum atomic E-state index is 12.6. The van der Waals surface area contributed by atoms with Crippen LogP contribution in [0.3, 0.4) is 0 Å². The van der Waals surface area contributed by atoms with Gasteiger partial charge in [-0.25, -0.2) is 9.97 Å². The van der Waals surface area contributed by atoms with Crippen LogP contribution in [0.25, 0.3) is 0 Å². The molecule has 8 heteroatoms. The Balaban J connectivity index is 1.40. The van der Waals surface area contributed by atoms with Gasteiger partial charge in [-0.05, 0) is 20.4 Å². The van der Waals surface area contributed by atoms with Crippen molar-refractivity contribution in [3.63, 3.8) is 0 Å². The van der Waals surface area contributed by atoms with Crippen LogP contribution in [0.15, 0.2) is 6.07 Å². The van der Waals surface area contributed by atoms with E-state index >= 15 is 0 Å². The molecule has 0 bridgehead atoms. The molecule has 1 aromatic heterocycles. The van der Waals surface area contributed by atoms with E-state index in [1.807, 2.05) is 11.8 Å². The van der Waals surface area contributed by atoms with Crippen LogP contribution in [0.5, 0.6) is 0 Å². The second-order valence-electron chi connectivity index (χ2n) is 7.79. The van der Waals surface area contributed by atoms with Crippen LogP contribution >= 0.6 is 0 Å². The monoisotopic (exact) mass is 374 g/mol. The van der Waals surface area contributed by atoms with Crippen LogP contribution in [-0.4, -0.2) is 98.3 Å². The highest BCUT2D eigenvalue weighted by Gasteiger charge is 2.30. The van der Waals surface area contributed by atoms with Gasteiger partial charge in [-0.3, -0.25) is 4.79 Å². The molecule has 1 aromatic rings. The van der Waals surface area contributed by atoms with Crippen LogP contribution in [-0.2, 0) is 9.53 Å². The standard InChI is InChI=1S/C19H30N6O2/c1-15-20-17(23-6-4-22(2)5-7-23)13-18(21-15)24-8-10-25(11-9-24)19(26)16-3-12-27-14-16/h13,16H,3-12,14H2,1-2H3. The fourth-order valence-corrected chi connectivity index (χ4v) is 4.04. The first-order valence-corrected chi connectivity index (χ1v) is 10.0. The summed E-state index contributed by atoms with van der Waals surface area (Å²) in [7, 11) is 2.16. The molecular formula is C19H30N6O2. The van der Waals surface area contributed by atoms with Crippen molar-refractivity contribution in [3.8, 4) is 0 Å². The van der Waals surface area contributed by atoms with Crippen LogP contribution in [0.2, 0.25) is 0 Å². The number of carbonyl (C=O) groups is 1. The van der Waals surface area contributed by atoms with Gasteiger partial charge in [0.05, 0.1) is 12.5 Å². The van der Waals surface area contributed by atoms with Gasteiger partial charge in [0.15, 0.2) is 0 Å². The van der Waals surface area contributed by atoms with Gasteiger partial charge in [0.2, 0.25) is 5.91 Å². The van der Waals surface area contributed by atoms with E-state index in [9.17, 15) is 4.79 Å². The van der Waals surface area contributed by atoms with Crippen LogP contribution in [0.4, 0.5) is 11.6 Å². The molecule has 8 nitrogen and oxygen atoms in total. The fraction of sp³-hybridized carbons (Fsp3) is 0.737. The van der Waals surface area contributed by atoms with Crippen molar-refractivity contribution in [2.45, 2.75) is 13.3 Å². The van der Waals surface area contributed by atoms with Gasteiger partial charge in [-0.2, -0.15) is 0 Å². The lowest BCUT2D eigenvalue weighted by Gasteiger charge is -2.37. The minimum absolute atomic E-state index is 0.0571. The number of rotatable bonds is 3. The van der Waals surface area contributed by atoms with Crippen molar-refractivity contribution in [1.29, 1.82) is 0 Å². The van der Waals surface area contributed by atoms with Gasteiger partial charge in [-0.15, -0.1) is 0 Å². The fourth-order valence-electron chi connectivity index (χ4n) is 4.04. The molecule has 148 valence electrons. The van der Waals surface area contributed by atoms with Gasteiger partial charge in [0, 0.05) is 65.0 Å². The summed E-state index contributed by atoms with van der Waals surface area (Å²) in [6.45, 7) is 10.5. The van der Waals surface area contributed by atoms with Gasteiger partial charge in [0.25, 0.3) is 0 Å². The summed E-state index contributed by atoms with van der Waals surface area (Å²) in [6.07, 6.45) is 0.860. The Morgan fingerprint density at radius 3 is 2.15 bits per heavy atom. The van der Waals surface area contributed by atoms with Crippen molar-refractivity contribution >= 4 is 17.5 Å². The Labute approximate surface area is 161 Å². The number of amides is 1. The summed E-state index contributed by atoms with van der Waals surface area (Å²) in [6, 6.07) is 2.11. The second kappa shape index (κ2) is 7.98. The number of nitrogens with zero attached hydrogens (tertiary/aromatic N) is 6. The molecule has 4 rings (SSSR count). The third-order valence-corrected chi connectivity index (χ3v) is 5.83. The number of ether oxygens (including phenoxy) is 1. The van der Waals surface area contributed by atoms with Crippen molar-refractivity contribution < 1.29 is 9.53 Å². The number of aryl methyl sites for hydroxylation is 1. The predicted octanol–water partition coefficient (Wildman–Crippen LogP) is 0.222. The molecule has 27 heavy (non-hydrogen) atoms. The lowest BCUT2D eigenvalue weighted by atomic mass is 10.1. The first-order valence-electron chi connectivity index (χ1n) is 10.0. The van der Waals surface area contributed by atoms with E-state index < -0.39 is 0 Å². The smallest absolute Gasteiger partial charge is 0.228 e. The molecule has 0 spiro atoms. The highest BCUT2D eigenvalue weighted by atomic mass is 16.5. The molecule has 3 fully saturated rings. The molecule has 3 saturated heterocycles. The quantitative estimate of drug-likeness (QED) is 0.750. The molecule has 3 aliphatic heterocycles. The van der Waals surface area contributed by atoms with E-state index in [0.717, 1.165) is 76.2 Å². The average molecular weight is 374 g/mol. The zero-order valence-corrected chi connectivity index (χ0v) is 16.4. The SMILES string of the molecule is Cc1nc(N2CCN(C)CC2)cc(N2CCN(C(=O)C3CCOC3)CC2)n1. The van der Waals surface area contributed by atoms with Crippen LogP contribution < -0.4 is 9.80 Å². The van der Waals surface area contributed by atoms with E-state index in [4.69, 9.17) is 4.74 Å². The van der Waals surface area contributed by atoms with Gasteiger partial charge >= 0.3 is 0 Å². The average Bonchev–Trinajstić information content (AvgIpc) is 3.22. The Morgan fingerprint density at radius 1 is 1.00 bits per heavy atom. The maximum Gasteiger partial charge on any atom is 0.228 e. The van der Waals surface area contributed by atoms with E-state index in [-0.39, 0.29) is 11.8 Å². The second-order valence-corrected chi connectivity index (χ2v) is 7.79. The zero-order valence-electron chi connectivity index (χ0n) is 16.4. The Morgan fingerprint density at radius 2 is 1.59 bits per heavy atom. The number of hydrogen-bond acceptors (Lipinski definition) is 7. The van der Waals surface area contributed by atoms with Gasteiger partial charge in [0.1, 0.15) is 17.5 Å². The summed E-state index contributed by atoms with van der Waals surface area (Å²) in [5, 5.41) is 0. The molecule has 0 radical (unpaired) electrons. The highest BCUT2D eigenvalue weighted by Crippen LogP contribution is 2.23. The van der Waals surface area contributed by atoms with E-state index in [1.54, 1.807) is 0 Å². The normalized spacial score (nSPS) is 24.5. The summed E-state index contributed by atoms with van der Waals surface area (Å²) < 4.78 is 5.37. The third kappa shape index (κ3) is 4.16.